The molecule has 2 N–H and O–H groups in total. The van der Waals surface area contributed by atoms with Gasteiger partial charge in [0.15, 0.2) is 6.10 Å². The van der Waals surface area contributed by atoms with Crippen LogP contribution >= 0.6 is 11.6 Å². The maximum Gasteiger partial charge on any atom is 0.416 e. The summed E-state index contributed by atoms with van der Waals surface area (Å²) in [6.45, 7) is 0.0966. The molecule has 3 nitrogen and oxygen atoms in total. The van der Waals surface area contributed by atoms with Gasteiger partial charge in [0.1, 0.15) is 6.10 Å². The Labute approximate surface area is 119 Å². The lowest BCUT2D eigenvalue weighted by atomic mass is 10.0. The third-order valence-electron chi connectivity index (χ3n) is 3.20. The van der Waals surface area contributed by atoms with Gasteiger partial charge in [-0.05, 0) is 24.1 Å². The number of ether oxygens (including phenoxy) is 1. The number of morpholine rings is 1. The molecule has 7 heteroatoms. The van der Waals surface area contributed by atoms with Crippen molar-refractivity contribution in [1.29, 1.82) is 0 Å². The fourth-order valence-corrected chi connectivity index (χ4v) is 2.22. The van der Waals surface area contributed by atoms with E-state index < -0.39 is 18.4 Å². The fourth-order valence-electron chi connectivity index (χ4n) is 2.09. The Bertz CT molecular complexity index is 430. The molecule has 0 bridgehead atoms. The van der Waals surface area contributed by atoms with Crippen molar-refractivity contribution < 1.29 is 23.0 Å². The van der Waals surface area contributed by atoms with E-state index in [0.717, 1.165) is 5.56 Å². The van der Waals surface area contributed by atoms with Crippen molar-refractivity contribution >= 4 is 11.6 Å². The molecule has 0 aromatic heterocycles. The number of hydrogen-bond acceptors (Lipinski definition) is 3. The molecule has 3 unspecified atom stereocenters. The second-order valence-electron chi connectivity index (χ2n) is 4.79. The molecule has 112 valence electrons. The Kier molecular flexibility index (Phi) is 4.90. The minimum atomic E-state index is -4.66. The molecule has 0 aliphatic carbocycles. The first-order chi connectivity index (χ1) is 9.36. The third kappa shape index (κ3) is 4.09. The Morgan fingerprint density at radius 2 is 2.00 bits per heavy atom. The highest BCUT2D eigenvalue weighted by Crippen LogP contribution is 2.25. The van der Waals surface area contributed by atoms with E-state index in [-0.39, 0.29) is 19.2 Å². The van der Waals surface area contributed by atoms with Gasteiger partial charge in [0.05, 0.1) is 6.61 Å². The first-order valence-electron chi connectivity index (χ1n) is 6.20. The minimum absolute atomic E-state index is 0.0288. The first kappa shape index (κ1) is 15.6. The molecule has 1 heterocycles. The summed E-state index contributed by atoms with van der Waals surface area (Å²) >= 11 is 5.78. The number of aliphatic hydroxyl groups excluding tert-OH is 1. The van der Waals surface area contributed by atoms with Crippen LogP contribution < -0.4 is 5.32 Å². The van der Waals surface area contributed by atoms with Crippen LogP contribution in [-0.4, -0.2) is 42.7 Å². The number of aliphatic hydroxyl groups is 1. The van der Waals surface area contributed by atoms with E-state index in [2.05, 4.69) is 5.32 Å². The second-order valence-corrected chi connectivity index (χ2v) is 5.23. The van der Waals surface area contributed by atoms with Crippen LogP contribution in [0, 0.1) is 0 Å². The van der Waals surface area contributed by atoms with E-state index in [9.17, 15) is 13.2 Å². The molecule has 20 heavy (non-hydrogen) atoms. The maximum atomic E-state index is 12.3. The van der Waals surface area contributed by atoms with Crippen LogP contribution in [0.3, 0.4) is 0 Å². The van der Waals surface area contributed by atoms with Gasteiger partial charge in [-0.2, -0.15) is 13.2 Å². The smallest absolute Gasteiger partial charge is 0.381 e. The van der Waals surface area contributed by atoms with Crippen LogP contribution in [0.25, 0.3) is 0 Å². The van der Waals surface area contributed by atoms with E-state index >= 15 is 0 Å². The molecule has 1 aliphatic rings. The van der Waals surface area contributed by atoms with Gasteiger partial charge in [-0.1, -0.05) is 23.7 Å². The molecule has 1 aromatic rings. The van der Waals surface area contributed by atoms with Crippen LogP contribution in [0.1, 0.15) is 5.56 Å². The van der Waals surface area contributed by atoms with Gasteiger partial charge >= 0.3 is 6.18 Å². The summed E-state index contributed by atoms with van der Waals surface area (Å²) < 4.78 is 42.2. The maximum absolute atomic E-state index is 12.3. The molecule has 1 saturated heterocycles. The summed E-state index contributed by atoms with van der Waals surface area (Å²) in [6, 6.07) is 7.17. The van der Waals surface area contributed by atoms with E-state index in [4.69, 9.17) is 21.4 Å². The lowest BCUT2D eigenvalue weighted by Gasteiger charge is -2.33. The predicted octanol–water partition coefficient (Wildman–Crippen LogP) is 2.16. The molecule has 1 fully saturated rings. The quantitative estimate of drug-likeness (QED) is 0.899. The summed E-state index contributed by atoms with van der Waals surface area (Å²) in [6.07, 6.45) is -7.73. The summed E-state index contributed by atoms with van der Waals surface area (Å²) in [5, 5.41) is 12.7. The van der Waals surface area contributed by atoms with E-state index in [0.29, 0.717) is 11.4 Å². The van der Waals surface area contributed by atoms with Crippen molar-refractivity contribution in [2.24, 2.45) is 0 Å². The van der Waals surface area contributed by atoms with Crippen molar-refractivity contribution in [2.45, 2.75) is 30.8 Å². The van der Waals surface area contributed by atoms with Crippen molar-refractivity contribution in [2.75, 3.05) is 13.2 Å². The highest BCUT2D eigenvalue weighted by Gasteiger charge is 2.45. The number of alkyl halides is 3. The number of halogens is 4. The second kappa shape index (κ2) is 6.30. The molecule has 2 rings (SSSR count). The molecular weight excluding hydrogens is 295 g/mol. The standard InChI is InChI=1S/C13H15ClF3NO2/c14-9-3-1-8(2-4-9)5-10-7-20-11(6-18-10)12(19)13(15,16)17/h1-4,10-12,18-19H,5-7H2. The SMILES string of the molecule is OC(C1CNC(Cc2ccc(Cl)cc2)CO1)C(F)(F)F. The van der Waals surface area contributed by atoms with Crippen molar-refractivity contribution in [3.05, 3.63) is 34.9 Å². The lowest BCUT2D eigenvalue weighted by molar-refractivity contribution is -0.240. The van der Waals surface area contributed by atoms with Gasteiger partial charge in [-0.25, -0.2) is 0 Å². The zero-order chi connectivity index (χ0) is 14.8. The van der Waals surface area contributed by atoms with E-state index in [1.165, 1.54) is 0 Å². The van der Waals surface area contributed by atoms with Crippen molar-refractivity contribution in [3.8, 4) is 0 Å². The van der Waals surface area contributed by atoms with Gasteiger partial charge < -0.3 is 15.2 Å². The molecule has 0 radical (unpaired) electrons. The van der Waals surface area contributed by atoms with Crippen molar-refractivity contribution in [1.82, 2.24) is 5.32 Å². The Balaban J connectivity index is 1.84. The van der Waals surface area contributed by atoms with Gasteiger partial charge in [0.25, 0.3) is 0 Å². The fraction of sp³-hybridized carbons (Fsp3) is 0.538. The normalized spacial score (nSPS) is 25.4. The number of hydrogen-bond donors (Lipinski definition) is 2. The lowest BCUT2D eigenvalue weighted by Crippen LogP contribution is -2.54. The van der Waals surface area contributed by atoms with Gasteiger partial charge in [-0.3, -0.25) is 0 Å². The van der Waals surface area contributed by atoms with Gasteiger partial charge in [0, 0.05) is 17.6 Å². The number of benzene rings is 1. The zero-order valence-corrected chi connectivity index (χ0v) is 11.3. The van der Waals surface area contributed by atoms with Crippen LogP contribution in [0.5, 0.6) is 0 Å². The molecule has 0 spiro atoms. The van der Waals surface area contributed by atoms with E-state index in [1.54, 1.807) is 12.1 Å². The zero-order valence-electron chi connectivity index (χ0n) is 10.5. The van der Waals surface area contributed by atoms with Gasteiger partial charge in [-0.15, -0.1) is 0 Å². The highest BCUT2D eigenvalue weighted by atomic mass is 35.5. The Morgan fingerprint density at radius 3 is 2.50 bits per heavy atom. The van der Waals surface area contributed by atoms with Gasteiger partial charge in [0.2, 0.25) is 0 Å². The van der Waals surface area contributed by atoms with Crippen LogP contribution in [0.4, 0.5) is 13.2 Å². The summed E-state index contributed by atoms with van der Waals surface area (Å²) in [7, 11) is 0. The average molecular weight is 310 g/mol. The van der Waals surface area contributed by atoms with Crippen LogP contribution in [-0.2, 0) is 11.2 Å². The minimum Gasteiger partial charge on any atom is -0.381 e. The molecular formula is C13H15ClF3NO2. The predicted molar refractivity (Wildman–Crippen MR) is 68.7 cm³/mol. The molecule has 0 amide bonds. The van der Waals surface area contributed by atoms with E-state index in [1.807, 2.05) is 12.1 Å². The molecule has 0 saturated carbocycles. The number of nitrogens with one attached hydrogen (secondary N) is 1. The van der Waals surface area contributed by atoms with Crippen LogP contribution in [0.15, 0.2) is 24.3 Å². The number of rotatable bonds is 3. The van der Waals surface area contributed by atoms with Crippen molar-refractivity contribution in [3.63, 3.8) is 0 Å². The third-order valence-corrected chi connectivity index (χ3v) is 3.45. The topological polar surface area (TPSA) is 41.5 Å². The molecule has 1 aromatic carbocycles. The summed E-state index contributed by atoms with van der Waals surface area (Å²) in [5.41, 5.74) is 1.02. The largest absolute Gasteiger partial charge is 0.416 e. The summed E-state index contributed by atoms with van der Waals surface area (Å²) in [5.74, 6) is 0. The molecule has 3 atom stereocenters. The average Bonchev–Trinajstić information content (AvgIpc) is 2.40. The highest BCUT2D eigenvalue weighted by molar-refractivity contribution is 6.30. The first-order valence-corrected chi connectivity index (χ1v) is 6.58. The summed E-state index contributed by atoms with van der Waals surface area (Å²) in [4.78, 5) is 0. The monoisotopic (exact) mass is 309 g/mol. The Morgan fingerprint density at radius 1 is 1.35 bits per heavy atom. The molecule has 1 aliphatic heterocycles. The van der Waals surface area contributed by atoms with Crippen LogP contribution in [0.2, 0.25) is 5.02 Å². The Hall–Kier alpha value is -0.820.